The molecule has 104 valence electrons. The summed E-state index contributed by atoms with van der Waals surface area (Å²) >= 11 is 0. The Labute approximate surface area is 114 Å². The lowest BCUT2D eigenvalue weighted by Gasteiger charge is -2.22. The standard InChI is InChI=1S/C15H22N2O2/c1-2-19-11-12-6-5-7-13(10-12)17-15(18)14-8-3-4-9-16-14/h5-7,10,14,16H,2-4,8-9,11H2,1H3,(H,17,18). The van der Waals surface area contributed by atoms with Crippen LogP contribution in [0.4, 0.5) is 5.69 Å². The number of hydrogen-bond donors (Lipinski definition) is 2. The van der Waals surface area contributed by atoms with E-state index >= 15 is 0 Å². The molecule has 1 aliphatic heterocycles. The quantitative estimate of drug-likeness (QED) is 0.856. The van der Waals surface area contributed by atoms with Gasteiger partial charge in [0, 0.05) is 12.3 Å². The summed E-state index contributed by atoms with van der Waals surface area (Å²) in [5.74, 6) is 0.0632. The number of ether oxygens (including phenoxy) is 1. The Balaban J connectivity index is 1.92. The van der Waals surface area contributed by atoms with Crippen LogP contribution in [-0.2, 0) is 16.1 Å². The Kier molecular flexibility index (Phi) is 5.36. The SMILES string of the molecule is CCOCc1cccc(NC(=O)C2CCCCN2)c1. The predicted molar refractivity (Wildman–Crippen MR) is 76.0 cm³/mol. The Morgan fingerprint density at radius 2 is 2.37 bits per heavy atom. The van der Waals surface area contributed by atoms with Crippen molar-refractivity contribution in [3.63, 3.8) is 0 Å². The lowest BCUT2D eigenvalue weighted by Crippen LogP contribution is -2.43. The zero-order chi connectivity index (χ0) is 13.5. The summed E-state index contributed by atoms with van der Waals surface area (Å²) in [5, 5.41) is 6.22. The molecule has 0 aromatic heterocycles. The highest BCUT2D eigenvalue weighted by Gasteiger charge is 2.20. The van der Waals surface area contributed by atoms with Crippen LogP contribution in [0.2, 0.25) is 0 Å². The Hall–Kier alpha value is -1.39. The maximum Gasteiger partial charge on any atom is 0.241 e. The molecule has 4 nitrogen and oxygen atoms in total. The number of piperidine rings is 1. The fraction of sp³-hybridized carbons (Fsp3) is 0.533. The average Bonchev–Trinajstić information content (AvgIpc) is 2.46. The molecular weight excluding hydrogens is 240 g/mol. The minimum Gasteiger partial charge on any atom is -0.377 e. The van der Waals surface area contributed by atoms with Crippen molar-refractivity contribution >= 4 is 11.6 Å². The van der Waals surface area contributed by atoms with Crippen LogP contribution in [-0.4, -0.2) is 25.1 Å². The Morgan fingerprint density at radius 1 is 1.47 bits per heavy atom. The second-order valence-electron chi connectivity index (χ2n) is 4.83. The second kappa shape index (κ2) is 7.26. The van der Waals surface area contributed by atoms with Crippen molar-refractivity contribution in [2.24, 2.45) is 0 Å². The number of nitrogens with one attached hydrogen (secondary N) is 2. The highest BCUT2D eigenvalue weighted by molar-refractivity contribution is 5.94. The minimum absolute atomic E-state index is 0.0516. The van der Waals surface area contributed by atoms with Crippen LogP contribution in [0, 0.1) is 0 Å². The molecule has 1 atom stereocenters. The number of amides is 1. The van der Waals surface area contributed by atoms with Gasteiger partial charge in [-0.1, -0.05) is 18.6 Å². The first kappa shape index (κ1) is 14.0. The first-order valence-corrected chi connectivity index (χ1v) is 7.00. The van der Waals surface area contributed by atoms with E-state index in [0.29, 0.717) is 13.2 Å². The van der Waals surface area contributed by atoms with Gasteiger partial charge < -0.3 is 15.4 Å². The molecule has 1 aromatic carbocycles. The Bertz CT molecular complexity index is 414. The van der Waals surface area contributed by atoms with Crippen LogP contribution in [0.3, 0.4) is 0 Å². The van der Waals surface area contributed by atoms with E-state index in [4.69, 9.17) is 4.74 Å². The van der Waals surface area contributed by atoms with Crippen molar-refractivity contribution in [3.05, 3.63) is 29.8 Å². The van der Waals surface area contributed by atoms with E-state index in [0.717, 1.165) is 37.1 Å². The van der Waals surface area contributed by atoms with Crippen molar-refractivity contribution in [1.29, 1.82) is 0 Å². The zero-order valence-corrected chi connectivity index (χ0v) is 11.4. The normalized spacial score (nSPS) is 19.1. The molecule has 4 heteroatoms. The molecular formula is C15H22N2O2. The fourth-order valence-electron chi connectivity index (χ4n) is 2.26. The first-order chi connectivity index (χ1) is 9.29. The third-order valence-corrected chi connectivity index (χ3v) is 3.29. The van der Waals surface area contributed by atoms with Gasteiger partial charge in [0.05, 0.1) is 12.6 Å². The maximum absolute atomic E-state index is 12.1. The zero-order valence-electron chi connectivity index (χ0n) is 11.4. The Morgan fingerprint density at radius 3 is 3.11 bits per heavy atom. The largest absolute Gasteiger partial charge is 0.377 e. The smallest absolute Gasteiger partial charge is 0.241 e. The minimum atomic E-state index is -0.0516. The molecule has 0 aliphatic carbocycles. The van der Waals surface area contributed by atoms with Gasteiger partial charge in [0.15, 0.2) is 0 Å². The van der Waals surface area contributed by atoms with Crippen LogP contribution in [0.1, 0.15) is 31.7 Å². The third kappa shape index (κ3) is 4.33. The summed E-state index contributed by atoms with van der Waals surface area (Å²) < 4.78 is 5.37. The van der Waals surface area contributed by atoms with Gasteiger partial charge in [0.2, 0.25) is 5.91 Å². The van der Waals surface area contributed by atoms with Crippen LogP contribution < -0.4 is 10.6 Å². The summed E-state index contributed by atoms with van der Waals surface area (Å²) in [4.78, 5) is 12.1. The van der Waals surface area contributed by atoms with Gasteiger partial charge in [-0.05, 0) is 44.0 Å². The number of carbonyl (C=O) groups excluding carboxylic acids is 1. The molecule has 1 unspecified atom stereocenters. The van der Waals surface area contributed by atoms with Crippen molar-refractivity contribution in [1.82, 2.24) is 5.32 Å². The summed E-state index contributed by atoms with van der Waals surface area (Å²) in [6.45, 7) is 4.19. The maximum atomic E-state index is 12.1. The number of carbonyl (C=O) groups is 1. The van der Waals surface area contributed by atoms with E-state index in [1.54, 1.807) is 0 Å². The van der Waals surface area contributed by atoms with E-state index in [-0.39, 0.29) is 11.9 Å². The van der Waals surface area contributed by atoms with Crippen molar-refractivity contribution < 1.29 is 9.53 Å². The number of anilines is 1. The number of hydrogen-bond acceptors (Lipinski definition) is 3. The molecule has 1 heterocycles. The van der Waals surface area contributed by atoms with Gasteiger partial charge in [0.1, 0.15) is 0 Å². The number of benzene rings is 1. The molecule has 1 aliphatic rings. The molecule has 19 heavy (non-hydrogen) atoms. The molecule has 2 rings (SSSR count). The summed E-state index contributed by atoms with van der Waals surface area (Å²) in [5.41, 5.74) is 1.92. The molecule has 1 amide bonds. The van der Waals surface area contributed by atoms with Crippen LogP contribution in [0.15, 0.2) is 24.3 Å². The van der Waals surface area contributed by atoms with Gasteiger partial charge in [0.25, 0.3) is 0 Å². The van der Waals surface area contributed by atoms with Crippen LogP contribution in [0.25, 0.3) is 0 Å². The summed E-state index contributed by atoms with van der Waals surface area (Å²) in [6.07, 6.45) is 3.20. The molecule has 0 bridgehead atoms. The summed E-state index contributed by atoms with van der Waals surface area (Å²) in [6, 6.07) is 7.78. The van der Waals surface area contributed by atoms with E-state index in [9.17, 15) is 4.79 Å². The average molecular weight is 262 g/mol. The predicted octanol–water partition coefficient (Wildman–Crippen LogP) is 2.30. The molecule has 0 saturated carbocycles. The van der Waals surface area contributed by atoms with Crippen LogP contribution in [0.5, 0.6) is 0 Å². The van der Waals surface area contributed by atoms with Crippen LogP contribution >= 0.6 is 0 Å². The van der Waals surface area contributed by atoms with Gasteiger partial charge in [-0.15, -0.1) is 0 Å². The van der Waals surface area contributed by atoms with Gasteiger partial charge in [-0.3, -0.25) is 4.79 Å². The third-order valence-electron chi connectivity index (χ3n) is 3.29. The highest BCUT2D eigenvalue weighted by atomic mass is 16.5. The first-order valence-electron chi connectivity index (χ1n) is 7.00. The van der Waals surface area contributed by atoms with E-state index in [2.05, 4.69) is 10.6 Å². The van der Waals surface area contributed by atoms with E-state index in [1.807, 2.05) is 31.2 Å². The molecule has 1 saturated heterocycles. The molecule has 2 N–H and O–H groups in total. The lowest BCUT2D eigenvalue weighted by atomic mass is 10.0. The molecule has 0 spiro atoms. The van der Waals surface area contributed by atoms with Gasteiger partial charge >= 0.3 is 0 Å². The highest BCUT2D eigenvalue weighted by Crippen LogP contribution is 2.14. The monoisotopic (exact) mass is 262 g/mol. The molecule has 1 fully saturated rings. The molecule has 0 radical (unpaired) electrons. The van der Waals surface area contributed by atoms with Crippen molar-refractivity contribution in [2.75, 3.05) is 18.5 Å². The summed E-state index contributed by atoms with van der Waals surface area (Å²) in [7, 11) is 0. The topological polar surface area (TPSA) is 50.4 Å². The second-order valence-corrected chi connectivity index (χ2v) is 4.83. The van der Waals surface area contributed by atoms with E-state index < -0.39 is 0 Å². The van der Waals surface area contributed by atoms with Gasteiger partial charge in [-0.25, -0.2) is 0 Å². The number of rotatable bonds is 5. The van der Waals surface area contributed by atoms with Gasteiger partial charge in [-0.2, -0.15) is 0 Å². The van der Waals surface area contributed by atoms with Crippen molar-refractivity contribution in [3.8, 4) is 0 Å². The lowest BCUT2D eigenvalue weighted by molar-refractivity contribution is -0.118. The molecule has 1 aromatic rings. The fourth-order valence-corrected chi connectivity index (χ4v) is 2.26. The van der Waals surface area contributed by atoms with Crippen molar-refractivity contribution in [2.45, 2.75) is 38.8 Å². The van der Waals surface area contributed by atoms with E-state index in [1.165, 1.54) is 0 Å².